The van der Waals surface area contributed by atoms with Gasteiger partial charge in [0.15, 0.2) is 0 Å². The van der Waals surface area contributed by atoms with Crippen LogP contribution in [0.15, 0.2) is 0 Å². The number of sulfone groups is 1. The van der Waals surface area contributed by atoms with Crippen LogP contribution in [0.25, 0.3) is 0 Å². The van der Waals surface area contributed by atoms with Gasteiger partial charge >= 0.3 is 0 Å². The summed E-state index contributed by atoms with van der Waals surface area (Å²) in [5.41, 5.74) is 0. The minimum absolute atomic E-state index is 0.143. The third kappa shape index (κ3) is 4.21. The Balaban J connectivity index is 1.75. The van der Waals surface area contributed by atoms with Crippen molar-refractivity contribution in [3.63, 3.8) is 0 Å². The second-order valence-electron chi connectivity index (χ2n) is 5.71. The molecule has 3 atom stereocenters. The molecule has 2 aliphatic rings. The first kappa shape index (κ1) is 14.3. The van der Waals surface area contributed by atoms with Gasteiger partial charge in [0, 0.05) is 25.4 Å². The highest BCUT2D eigenvalue weighted by atomic mass is 32.2. The Bertz CT molecular complexity index is 349. The van der Waals surface area contributed by atoms with Gasteiger partial charge < -0.3 is 10.1 Å². The van der Waals surface area contributed by atoms with Crippen LogP contribution in [0.5, 0.6) is 0 Å². The molecule has 1 aliphatic heterocycles. The zero-order chi connectivity index (χ0) is 13.0. The monoisotopic (exact) mass is 275 g/mol. The fourth-order valence-corrected chi connectivity index (χ4v) is 4.16. The van der Waals surface area contributed by atoms with Gasteiger partial charge in [0.05, 0.1) is 11.4 Å². The van der Waals surface area contributed by atoms with E-state index in [4.69, 9.17) is 4.74 Å². The first-order chi connectivity index (χ1) is 8.55. The summed E-state index contributed by atoms with van der Waals surface area (Å²) in [5, 5.41) is 3.36. The molecule has 1 heterocycles. The summed E-state index contributed by atoms with van der Waals surface area (Å²) in [6.45, 7) is 1.75. The largest absolute Gasteiger partial charge is 0.377 e. The normalized spacial score (nSPS) is 34.4. The molecule has 0 amide bonds. The lowest BCUT2D eigenvalue weighted by atomic mass is 9.94. The van der Waals surface area contributed by atoms with Gasteiger partial charge in [0.1, 0.15) is 9.84 Å². The maximum atomic E-state index is 11.6. The van der Waals surface area contributed by atoms with Crippen molar-refractivity contribution in [2.45, 2.75) is 62.3 Å². The lowest BCUT2D eigenvalue weighted by Gasteiger charge is -2.31. The average molecular weight is 275 g/mol. The van der Waals surface area contributed by atoms with Crippen LogP contribution in [0.1, 0.15) is 44.9 Å². The predicted octanol–water partition coefficient (Wildman–Crippen LogP) is 1.50. The Labute approximate surface area is 110 Å². The molecule has 2 rings (SSSR count). The van der Waals surface area contributed by atoms with E-state index in [0.29, 0.717) is 12.1 Å². The summed E-state index contributed by atoms with van der Waals surface area (Å²) >= 11 is 0. The molecule has 0 aromatic rings. The highest BCUT2D eigenvalue weighted by Gasteiger charge is 2.29. The first-order valence-electron chi connectivity index (χ1n) is 7.09. The van der Waals surface area contributed by atoms with Crippen molar-refractivity contribution in [2.75, 3.05) is 19.4 Å². The topological polar surface area (TPSA) is 55.4 Å². The van der Waals surface area contributed by atoms with Crippen LogP contribution in [0, 0.1) is 0 Å². The lowest BCUT2D eigenvalue weighted by Crippen LogP contribution is -2.42. The summed E-state index contributed by atoms with van der Waals surface area (Å²) in [6.07, 6.45) is 8.97. The van der Waals surface area contributed by atoms with Crippen molar-refractivity contribution in [3.8, 4) is 0 Å². The summed E-state index contributed by atoms with van der Waals surface area (Å²) in [5.74, 6) is 0. The summed E-state index contributed by atoms with van der Waals surface area (Å²) in [7, 11) is -2.87. The van der Waals surface area contributed by atoms with Gasteiger partial charge in [-0.3, -0.25) is 0 Å². The molecule has 18 heavy (non-hydrogen) atoms. The van der Waals surface area contributed by atoms with E-state index in [1.807, 2.05) is 0 Å². The molecular formula is C13H25NO3S. The predicted molar refractivity (Wildman–Crippen MR) is 72.5 cm³/mol. The van der Waals surface area contributed by atoms with Gasteiger partial charge in [0.2, 0.25) is 0 Å². The molecule has 1 saturated heterocycles. The first-order valence-corrected chi connectivity index (χ1v) is 9.05. The molecule has 0 aromatic heterocycles. The Kier molecular flexibility index (Phi) is 5.04. The van der Waals surface area contributed by atoms with Crippen LogP contribution in [-0.4, -0.2) is 45.2 Å². The maximum absolute atomic E-state index is 11.6. The Morgan fingerprint density at radius 3 is 2.67 bits per heavy atom. The second kappa shape index (κ2) is 6.35. The highest BCUT2D eigenvalue weighted by molar-refractivity contribution is 7.91. The van der Waals surface area contributed by atoms with E-state index < -0.39 is 9.84 Å². The van der Waals surface area contributed by atoms with E-state index in [1.54, 1.807) is 0 Å². The zero-order valence-corrected chi connectivity index (χ0v) is 12.0. The van der Waals surface area contributed by atoms with Crippen LogP contribution in [-0.2, 0) is 14.6 Å². The summed E-state index contributed by atoms with van der Waals surface area (Å²) in [6, 6.07) is 0.351. The molecular weight excluding hydrogens is 250 g/mol. The third-order valence-electron chi connectivity index (χ3n) is 4.14. The van der Waals surface area contributed by atoms with E-state index in [0.717, 1.165) is 45.3 Å². The number of nitrogens with one attached hydrogen (secondary N) is 1. The van der Waals surface area contributed by atoms with Crippen molar-refractivity contribution in [1.29, 1.82) is 0 Å². The molecule has 1 saturated carbocycles. The van der Waals surface area contributed by atoms with E-state index in [9.17, 15) is 8.42 Å². The molecule has 1 aliphatic carbocycles. The standard InChI is InChI=1S/C13H25NO3S/c1-18(15,16)13-7-4-5-11(9-13)14-10-12-6-2-3-8-17-12/h11-14H,2-10H2,1H3. The van der Waals surface area contributed by atoms with Crippen molar-refractivity contribution in [3.05, 3.63) is 0 Å². The molecule has 5 heteroatoms. The molecule has 0 bridgehead atoms. The summed E-state index contributed by atoms with van der Waals surface area (Å²) in [4.78, 5) is 0. The van der Waals surface area contributed by atoms with Crippen molar-refractivity contribution in [2.24, 2.45) is 0 Å². The van der Waals surface area contributed by atoms with Crippen LogP contribution >= 0.6 is 0 Å². The number of hydrogen-bond donors (Lipinski definition) is 1. The van der Waals surface area contributed by atoms with Crippen molar-refractivity contribution in [1.82, 2.24) is 5.32 Å². The number of ether oxygens (including phenoxy) is 1. The van der Waals surface area contributed by atoms with Crippen LogP contribution in [0.2, 0.25) is 0 Å². The van der Waals surface area contributed by atoms with Crippen molar-refractivity contribution < 1.29 is 13.2 Å². The molecule has 0 spiro atoms. The van der Waals surface area contributed by atoms with E-state index in [-0.39, 0.29) is 5.25 Å². The van der Waals surface area contributed by atoms with Gasteiger partial charge in [-0.15, -0.1) is 0 Å². The van der Waals surface area contributed by atoms with Crippen molar-refractivity contribution >= 4 is 9.84 Å². The fourth-order valence-electron chi connectivity index (χ4n) is 2.99. The molecule has 0 aromatic carbocycles. The van der Waals surface area contributed by atoms with E-state index >= 15 is 0 Å². The van der Waals surface area contributed by atoms with Gasteiger partial charge in [-0.05, 0) is 38.5 Å². The Morgan fingerprint density at radius 1 is 1.17 bits per heavy atom. The van der Waals surface area contributed by atoms with E-state index in [1.165, 1.54) is 19.1 Å². The second-order valence-corrected chi connectivity index (χ2v) is 8.04. The zero-order valence-electron chi connectivity index (χ0n) is 11.2. The van der Waals surface area contributed by atoms with Crippen LogP contribution in [0.4, 0.5) is 0 Å². The average Bonchev–Trinajstić information content (AvgIpc) is 2.37. The highest BCUT2D eigenvalue weighted by Crippen LogP contribution is 2.24. The maximum Gasteiger partial charge on any atom is 0.150 e. The molecule has 106 valence electrons. The molecule has 4 nitrogen and oxygen atoms in total. The SMILES string of the molecule is CS(=O)(=O)C1CCCC(NCC2CCCCO2)C1. The number of rotatable bonds is 4. The Morgan fingerprint density at radius 2 is 2.00 bits per heavy atom. The quantitative estimate of drug-likeness (QED) is 0.845. The van der Waals surface area contributed by atoms with Gasteiger partial charge in [-0.1, -0.05) is 6.42 Å². The minimum atomic E-state index is -2.87. The van der Waals surface area contributed by atoms with Gasteiger partial charge in [0.25, 0.3) is 0 Å². The molecule has 0 radical (unpaired) electrons. The van der Waals surface area contributed by atoms with Gasteiger partial charge in [-0.2, -0.15) is 0 Å². The van der Waals surface area contributed by atoms with Crippen LogP contribution in [0.3, 0.4) is 0 Å². The molecule has 2 fully saturated rings. The minimum Gasteiger partial charge on any atom is -0.377 e. The smallest absolute Gasteiger partial charge is 0.150 e. The van der Waals surface area contributed by atoms with Crippen LogP contribution < -0.4 is 5.32 Å². The molecule has 1 N–H and O–H groups in total. The van der Waals surface area contributed by atoms with Gasteiger partial charge in [-0.25, -0.2) is 8.42 Å². The third-order valence-corrected chi connectivity index (χ3v) is 5.78. The van der Waals surface area contributed by atoms with E-state index in [2.05, 4.69) is 5.32 Å². The Hall–Kier alpha value is -0.130. The molecule has 3 unspecified atom stereocenters. The summed E-state index contributed by atoms with van der Waals surface area (Å²) < 4.78 is 28.9. The fraction of sp³-hybridized carbons (Fsp3) is 1.00. The number of hydrogen-bond acceptors (Lipinski definition) is 4. The lowest BCUT2D eigenvalue weighted by molar-refractivity contribution is 0.0147.